The molecule has 6 heteroatoms. The van der Waals surface area contributed by atoms with Crippen LogP contribution in [0.4, 0.5) is 18.9 Å². The third kappa shape index (κ3) is 3.75. The number of nitrogens with two attached hydrogens (primary N) is 1. The van der Waals surface area contributed by atoms with Gasteiger partial charge in [0.1, 0.15) is 11.9 Å². The first-order chi connectivity index (χ1) is 9.97. The van der Waals surface area contributed by atoms with Crippen LogP contribution in [0.25, 0.3) is 0 Å². The molecule has 0 aliphatic carbocycles. The summed E-state index contributed by atoms with van der Waals surface area (Å²) in [5, 5.41) is 2.74. The van der Waals surface area contributed by atoms with Gasteiger partial charge in [-0.1, -0.05) is 24.3 Å². The van der Waals surface area contributed by atoms with E-state index in [-0.39, 0.29) is 5.56 Å². The van der Waals surface area contributed by atoms with Gasteiger partial charge in [0.2, 0.25) is 5.91 Å². The van der Waals surface area contributed by atoms with Crippen LogP contribution in [0.2, 0.25) is 0 Å². The number of halogens is 3. The summed E-state index contributed by atoms with van der Waals surface area (Å²) < 4.78 is 38.5. The largest absolute Gasteiger partial charge is 0.370 e. The van der Waals surface area contributed by atoms with Crippen molar-refractivity contribution in [2.75, 3.05) is 5.32 Å². The first-order valence-electron chi connectivity index (χ1n) is 6.17. The fourth-order valence-corrected chi connectivity index (χ4v) is 1.94. The van der Waals surface area contributed by atoms with E-state index >= 15 is 0 Å². The number of hydrogen-bond donors (Lipinski definition) is 2. The summed E-state index contributed by atoms with van der Waals surface area (Å²) in [6.45, 7) is 0. The molecule has 2 aromatic carbocycles. The molecule has 0 spiro atoms. The molecule has 21 heavy (non-hydrogen) atoms. The van der Waals surface area contributed by atoms with Gasteiger partial charge in [-0.05, 0) is 29.8 Å². The minimum atomic E-state index is -2.65. The number of benzene rings is 2. The predicted octanol–water partition coefficient (Wildman–Crippen LogP) is 3.40. The van der Waals surface area contributed by atoms with Crippen LogP contribution in [0.1, 0.15) is 23.6 Å². The van der Waals surface area contributed by atoms with Crippen molar-refractivity contribution in [3.63, 3.8) is 0 Å². The van der Waals surface area contributed by atoms with E-state index < -0.39 is 24.2 Å². The summed E-state index contributed by atoms with van der Waals surface area (Å²) in [7, 11) is 0. The van der Waals surface area contributed by atoms with Crippen molar-refractivity contribution in [3.8, 4) is 0 Å². The fourth-order valence-electron chi connectivity index (χ4n) is 1.94. The van der Waals surface area contributed by atoms with Crippen molar-refractivity contribution in [1.82, 2.24) is 0 Å². The smallest absolute Gasteiger partial charge is 0.263 e. The average molecular weight is 294 g/mol. The molecule has 3 nitrogen and oxygen atoms in total. The van der Waals surface area contributed by atoms with E-state index in [0.717, 1.165) is 0 Å². The van der Waals surface area contributed by atoms with Gasteiger partial charge in [-0.3, -0.25) is 4.79 Å². The van der Waals surface area contributed by atoms with Crippen molar-refractivity contribution in [3.05, 3.63) is 65.5 Å². The van der Waals surface area contributed by atoms with Crippen LogP contribution in [0.5, 0.6) is 0 Å². The lowest BCUT2D eigenvalue weighted by molar-refractivity contribution is -0.118. The van der Waals surface area contributed by atoms with Crippen molar-refractivity contribution < 1.29 is 18.0 Å². The van der Waals surface area contributed by atoms with E-state index in [1.165, 1.54) is 42.5 Å². The summed E-state index contributed by atoms with van der Waals surface area (Å²) >= 11 is 0. The zero-order chi connectivity index (χ0) is 15.4. The Bertz CT molecular complexity index is 646. The summed E-state index contributed by atoms with van der Waals surface area (Å²) in [4.78, 5) is 11.5. The highest BCUT2D eigenvalue weighted by atomic mass is 19.3. The van der Waals surface area contributed by atoms with Gasteiger partial charge in [-0.15, -0.1) is 0 Å². The van der Waals surface area contributed by atoms with Crippen molar-refractivity contribution in [2.45, 2.75) is 12.5 Å². The second-order valence-electron chi connectivity index (χ2n) is 4.46. The van der Waals surface area contributed by atoms with Crippen LogP contribution in [-0.2, 0) is 4.79 Å². The lowest BCUT2D eigenvalue weighted by Crippen LogP contribution is -2.27. The molecular weight excluding hydrogens is 281 g/mol. The Morgan fingerprint density at radius 1 is 1.05 bits per heavy atom. The standard InChI is InChI=1S/C15H13F3N2O/c16-11-5-2-6-12(8-11)20-13(15(19)21)9-3-1-4-10(7-9)14(17)18/h1-8,13-14,20H,(H2,19,21). The SMILES string of the molecule is NC(=O)C(Nc1cccc(F)c1)c1cccc(C(F)F)c1. The van der Waals surface area contributed by atoms with E-state index in [2.05, 4.69) is 5.32 Å². The number of carbonyl (C=O) groups excluding carboxylic acids is 1. The van der Waals surface area contributed by atoms with Gasteiger partial charge in [0.15, 0.2) is 0 Å². The van der Waals surface area contributed by atoms with Gasteiger partial charge >= 0.3 is 0 Å². The molecule has 2 rings (SSSR count). The number of amides is 1. The Morgan fingerprint density at radius 3 is 2.33 bits per heavy atom. The zero-order valence-corrected chi connectivity index (χ0v) is 10.9. The van der Waals surface area contributed by atoms with Crippen molar-refractivity contribution in [1.29, 1.82) is 0 Å². The number of anilines is 1. The maximum atomic E-state index is 13.1. The number of hydrogen-bond acceptors (Lipinski definition) is 2. The van der Waals surface area contributed by atoms with E-state index in [9.17, 15) is 18.0 Å². The van der Waals surface area contributed by atoms with Crippen LogP contribution in [0.15, 0.2) is 48.5 Å². The second-order valence-corrected chi connectivity index (χ2v) is 4.46. The molecular formula is C15H13F3N2O. The molecule has 0 saturated carbocycles. The Hall–Kier alpha value is -2.50. The van der Waals surface area contributed by atoms with E-state index in [1.807, 2.05) is 0 Å². The fraction of sp³-hybridized carbons (Fsp3) is 0.133. The van der Waals surface area contributed by atoms with Gasteiger partial charge in [0.25, 0.3) is 6.43 Å². The third-order valence-corrected chi connectivity index (χ3v) is 2.92. The molecule has 0 aliphatic rings. The molecule has 1 amide bonds. The number of nitrogens with one attached hydrogen (secondary N) is 1. The summed E-state index contributed by atoms with van der Waals surface area (Å²) in [6, 6.07) is 9.82. The Morgan fingerprint density at radius 2 is 1.71 bits per heavy atom. The molecule has 0 heterocycles. The minimum absolute atomic E-state index is 0.209. The van der Waals surface area contributed by atoms with Crippen LogP contribution in [0.3, 0.4) is 0 Å². The maximum Gasteiger partial charge on any atom is 0.263 e. The Labute approximate surface area is 119 Å². The van der Waals surface area contributed by atoms with Gasteiger partial charge < -0.3 is 11.1 Å². The van der Waals surface area contributed by atoms with Crippen LogP contribution in [0, 0.1) is 5.82 Å². The minimum Gasteiger partial charge on any atom is -0.370 e. The monoisotopic (exact) mass is 294 g/mol. The highest BCUT2D eigenvalue weighted by Crippen LogP contribution is 2.25. The number of primary amides is 1. The predicted molar refractivity (Wildman–Crippen MR) is 73.4 cm³/mol. The Kier molecular flexibility index (Phi) is 4.47. The molecule has 0 bridgehead atoms. The molecule has 1 atom stereocenters. The lowest BCUT2D eigenvalue weighted by Gasteiger charge is -2.18. The maximum absolute atomic E-state index is 13.1. The van der Waals surface area contributed by atoms with Gasteiger partial charge in [-0.25, -0.2) is 13.2 Å². The number of rotatable bonds is 5. The molecule has 2 aromatic rings. The van der Waals surface area contributed by atoms with Crippen molar-refractivity contribution >= 4 is 11.6 Å². The first kappa shape index (κ1) is 14.9. The molecule has 110 valence electrons. The van der Waals surface area contributed by atoms with Crippen LogP contribution >= 0.6 is 0 Å². The number of carbonyl (C=O) groups is 1. The zero-order valence-electron chi connectivity index (χ0n) is 10.9. The highest BCUT2D eigenvalue weighted by Gasteiger charge is 2.19. The van der Waals surface area contributed by atoms with Gasteiger partial charge in [0, 0.05) is 11.3 Å². The molecule has 1 unspecified atom stereocenters. The number of alkyl halides is 2. The summed E-state index contributed by atoms with van der Waals surface area (Å²) in [5.41, 5.74) is 5.72. The quantitative estimate of drug-likeness (QED) is 0.888. The molecule has 0 radical (unpaired) electrons. The topological polar surface area (TPSA) is 55.1 Å². The van der Waals surface area contributed by atoms with E-state index in [0.29, 0.717) is 11.3 Å². The molecule has 0 saturated heterocycles. The van der Waals surface area contributed by atoms with E-state index in [1.54, 1.807) is 6.07 Å². The molecule has 0 aromatic heterocycles. The average Bonchev–Trinajstić information content (AvgIpc) is 2.44. The van der Waals surface area contributed by atoms with Gasteiger partial charge in [-0.2, -0.15) is 0 Å². The summed E-state index contributed by atoms with van der Waals surface area (Å²) in [6.07, 6.45) is -2.65. The van der Waals surface area contributed by atoms with E-state index in [4.69, 9.17) is 5.73 Å². The van der Waals surface area contributed by atoms with Crippen molar-refractivity contribution in [2.24, 2.45) is 5.73 Å². The first-order valence-corrected chi connectivity index (χ1v) is 6.17. The highest BCUT2D eigenvalue weighted by molar-refractivity contribution is 5.84. The van der Waals surface area contributed by atoms with Crippen LogP contribution < -0.4 is 11.1 Å². The molecule has 3 N–H and O–H groups in total. The lowest BCUT2D eigenvalue weighted by atomic mass is 10.0. The Balaban J connectivity index is 2.31. The normalized spacial score (nSPS) is 12.2. The third-order valence-electron chi connectivity index (χ3n) is 2.92. The molecule has 0 aliphatic heterocycles. The summed E-state index contributed by atoms with van der Waals surface area (Å²) in [5.74, 6) is -1.23. The second kappa shape index (κ2) is 6.30. The van der Waals surface area contributed by atoms with Crippen LogP contribution in [-0.4, -0.2) is 5.91 Å². The van der Waals surface area contributed by atoms with Gasteiger partial charge in [0.05, 0.1) is 0 Å². The molecule has 0 fully saturated rings.